The number of anilines is 1. The highest BCUT2D eigenvalue weighted by Crippen LogP contribution is 2.27. The van der Waals surface area contributed by atoms with Gasteiger partial charge >= 0.3 is 11.8 Å². The number of benzene rings is 1. The van der Waals surface area contributed by atoms with E-state index in [1.165, 1.54) is 4.90 Å². The van der Waals surface area contributed by atoms with Crippen LogP contribution in [0.4, 0.5) is 5.69 Å². The zero-order valence-electron chi connectivity index (χ0n) is 9.99. The number of nitrogens with one attached hydrogen (secondary N) is 1. The van der Waals surface area contributed by atoms with E-state index in [9.17, 15) is 9.59 Å². The Hall–Kier alpha value is -1.55. The van der Waals surface area contributed by atoms with Gasteiger partial charge in [-0.25, -0.2) is 0 Å². The van der Waals surface area contributed by atoms with Crippen molar-refractivity contribution in [1.29, 1.82) is 0 Å². The normalized spacial score (nSPS) is 13.3. The Bertz CT molecular complexity index is 462. The highest BCUT2D eigenvalue weighted by Gasteiger charge is 2.28. The van der Waals surface area contributed by atoms with Crippen LogP contribution in [0.3, 0.4) is 0 Å². The van der Waals surface area contributed by atoms with Crippen molar-refractivity contribution < 1.29 is 9.59 Å². The van der Waals surface area contributed by atoms with Gasteiger partial charge < -0.3 is 10.2 Å². The summed E-state index contributed by atoms with van der Waals surface area (Å²) >= 11 is 5.51. The lowest BCUT2D eigenvalue weighted by atomic mass is 10.2. The Labute approximate surface area is 111 Å². The Kier molecular flexibility index (Phi) is 4.20. The van der Waals surface area contributed by atoms with Crippen LogP contribution < -0.4 is 10.2 Å². The maximum atomic E-state index is 12.0. The summed E-state index contributed by atoms with van der Waals surface area (Å²) in [6.45, 7) is 1.00. The summed E-state index contributed by atoms with van der Waals surface area (Å²) in [7, 11) is 0. The van der Waals surface area contributed by atoms with Gasteiger partial charge in [-0.3, -0.25) is 9.59 Å². The first-order chi connectivity index (χ1) is 8.74. The minimum atomic E-state index is -0.559. The van der Waals surface area contributed by atoms with Gasteiger partial charge in [0.05, 0.1) is 0 Å². The van der Waals surface area contributed by atoms with Gasteiger partial charge in [0.25, 0.3) is 0 Å². The van der Waals surface area contributed by atoms with Crippen LogP contribution in [0.15, 0.2) is 24.3 Å². The number of hydrogen-bond donors (Lipinski definition) is 1. The van der Waals surface area contributed by atoms with Crippen LogP contribution in [0.25, 0.3) is 0 Å². The number of nitrogens with zero attached hydrogens (tertiary/aromatic N) is 1. The summed E-state index contributed by atoms with van der Waals surface area (Å²) in [4.78, 5) is 25.2. The van der Waals surface area contributed by atoms with Gasteiger partial charge in [-0.15, -0.1) is 11.6 Å². The van der Waals surface area contributed by atoms with Crippen LogP contribution in [0.5, 0.6) is 0 Å². The molecule has 18 heavy (non-hydrogen) atoms. The number of carbonyl (C=O) groups is 2. The van der Waals surface area contributed by atoms with Gasteiger partial charge in [0.1, 0.15) is 0 Å². The minimum absolute atomic E-state index is 0.434. The van der Waals surface area contributed by atoms with E-state index in [-0.39, 0.29) is 0 Å². The fourth-order valence-corrected chi connectivity index (χ4v) is 2.15. The molecule has 0 unspecified atom stereocenters. The average molecular weight is 267 g/mol. The summed E-state index contributed by atoms with van der Waals surface area (Å²) in [6, 6.07) is 7.66. The molecule has 1 aromatic carbocycles. The number of para-hydroxylation sites is 1. The van der Waals surface area contributed by atoms with Crippen LogP contribution >= 0.6 is 11.6 Å². The van der Waals surface area contributed by atoms with E-state index in [4.69, 9.17) is 11.6 Å². The molecule has 0 fully saturated rings. The molecule has 0 saturated heterocycles. The molecular formula is C13H15ClN2O2. The molecule has 2 amide bonds. The molecule has 0 radical (unpaired) electrons. The van der Waals surface area contributed by atoms with Crippen molar-refractivity contribution in [2.24, 2.45) is 0 Å². The van der Waals surface area contributed by atoms with Gasteiger partial charge in [0, 0.05) is 24.7 Å². The lowest BCUT2D eigenvalue weighted by Crippen LogP contribution is -2.42. The highest BCUT2D eigenvalue weighted by atomic mass is 35.5. The first kappa shape index (κ1) is 12.9. The summed E-state index contributed by atoms with van der Waals surface area (Å²) in [5, 5.41) is 2.58. The lowest BCUT2D eigenvalue weighted by Gasteiger charge is -2.16. The number of amides is 2. The Morgan fingerprint density at radius 1 is 1.33 bits per heavy atom. The summed E-state index contributed by atoms with van der Waals surface area (Å²) in [6.07, 6.45) is 1.47. The zero-order chi connectivity index (χ0) is 13.0. The third-order valence-electron chi connectivity index (χ3n) is 2.92. The lowest BCUT2D eigenvalue weighted by molar-refractivity contribution is -0.137. The predicted octanol–water partition coefficient (Wildman–Crippen LogP) is 1.32. The van der Waals surface area contributed by atoms with Crippen molar-refractivity contribution in [3.8, 4) is 0 Å². The second kappa shape index (κ2) is 5.87. The Balaban J connectivity index is 2.01. The van der Waals surface area contributed by atoms with Crippen LogP contribution in [-0.4, -0.2) is 30.8 Å². The standard InChI is InChI=1S/C13H15ClN2O2/c14-7-3-8-15-12(17)13(18)16-9-6-10-4-1-2-5-11(10)16/h1-2,4-5H,3,6-9H2,(H,15,17). The third kappa shape index (κ3) is 2.64. The van der Waals surface area contributed by atoms with Gasteiger partial charge in [-0.05, 0) is 24.5 Å². The molecule has 1 heterocycles. The van der Waals surface area contributed by atoms with Crippen LogP contribution in [0, 0.1) is 0 Å². The van der Waals surface area contributed by atoms with Gasteiger partial charge in [-0.1, -0.05) is 18.2 Å². The largest absolute Gasteiger partial charge is 0.348 e. The monoisotopic (exact) mass is 266 g/mol. The second-order valence-corrected chi connectivity index (χ2v) is 4.51. The number of alkyl halides is 1. The van der Waals surface area contributed by atoms with E-state index < -0.39 is 11.8 Å². The molecule has 0 bridgehead atoms. The molecule has 4 nitrogen and oxygen atoms in total. The van der Waals surface area contributed by atoms with Crippen molar-refractivity contribution in [3.63, 3.8) is 0 Å². The molecule has 1 N–H and O–H groups in total. The van der Waals surface area contributed by atoms with Crippen LogP contribution in [0.1, 0.15) is 12.0 Å². The predicted molar refractivity (Wildman–Crippen MR) is 70.8 cm³/mol. The molecule has 2 rings (SSSR count). The molecule has 0 aromatic heterocycles. The molecule has 0 atom stereocenters. The Morgan fingerprint density at radius 2 is 2.11 bits per heavy atom. The molecule has 1 aromatic rings. The first-order valence-electron chi connectivity index (χ1n) is 5.97. The molecule has 0 spiro atoms. The summed E-state index contributed by atoms with van der Waals surface area (Å²) in [5.74, 6) is -0.576. The summed E-state index contributed by atoms with van der Waals surface area (Å²) < 4.78 is 0. The zero-order valence-corrected chi connectivity index (χ0v) is 10.7. The van der Waals surface area contributed by atoms with Crippen molar-refractivity contribution >= 4 is 29.1 Å². The fourth-order valence-electron chi connectivity index (χ4n) is 2.02. The van der Waals surface area contributed by atoms with Crippen LogP contribution in [-0.2, 0) is 16.0 Å². The van der Waals surface area contributed by atoms with E-state index in [2.05, 4.69) is 5.32 Å². The van der Waals surface area contributed by atoms with E-state index >= 15 is 0 Å². The number of halogens is 1. The number of hydrogen-bond acceptors (Lipinski definition) is 2. The van der Waals surface area contributed by atoms with E-state index in [0.29, 0.717) is 25.4 Å². The van der Waals surface area contributed by atoms with E-state index in [1.807, 2.05) is 24.3 Å². The maximum absolute atomic E-state index is 12.0. The Morgan fingerprint density at radius 3 is 2.89 bits per heavy atom. The molecule has 1 aliphatic heterocycles. The molecule has 1 aliphatic rings. The third-order valence-corrected chi connectivity index (χ3v) is 3.19. The quantitative estimate of drug-likeness (QED) is 0.510. The smallest absolute Gasteiger partial charge is 0.316 e. The molecular weight excluding hydrogens is 252 g/mol. The van der Waals surface area contributed by atoms with Crippen molar-refractivity contribution in [2.75, 3.05) is 23.9 Å². The number of carbonyl (C=O) groups excluding carboxylic acids is 2. The van der Waals surface area contributed by atoms with Crippen molar-refractivity contribution in [2.45, 2.75) is 12.8 Å². The van der Waals surface area contributed by atoms with Crippen molar-refractivity contribution in [3.05, 3.63) is 29.8 Å². The van der Waals surface area contributed by atoms with Gasteiger partial charge in [0.15, 0.2) is 0 Å². The van der Waals surface area contributed by atoms with Gasteiger partial charge in [0.2, 0.25) is 0 Å². The molecule has 5 heteroatoms. The van der Waals surface area contributed by atoms with Crippen LogP contribution in [0.2, 0.25) is 0 Å². The van der Waals surface area contributed by atoms with Gasteiger partial charge in [-0.2, -0.15) is 0 Å². The molecule has 0 aliphatic carbocycles. The first-order valence-corrected chi connectivity index (χ1v) is 6.51. The highest BCUT2D eigenvalue weighted by molar-refractivity contribution is 6.40. The maximum Gasteiger partial charge on any atom is 0.316 e. The van der Waals surface area contributed by atoms with Crippen molar-refractivity contribution in [1.82, 2.24) is 5.32 Å². The number of rotatable bonds is 3. The fraction of sp³-hybridized carbons (Fsp3) is 0.385. The topological polar surface area (TPSA) is 49.4 Å². The van der Waals surface area contributed by atoms with E-state index in [1.54, 1.807) is 0 Å². The molecule has 96 valence electrons. The van der Waals surface area contributed by atoms with E-state index in [0.717, 1.165) is 17.7 Å². The SMILES string of the molecule is O=C(NCCCCl)C(=O)N1CCc2ccccc21. The summed E-state index contributed by atoms with van der Waals surface area (Å²) in [5.41, 5.74) is 1.95. The minimum Gasteiger partial charge on any atom is -0.348 e. The second-order valence-electron chi connectivity index (χ2n) is 4.13. The molecule has 0 saturated carbocycles. The average Bonchev–Trinajstić information content (AvgIpc) is 2.82. The number of fused-ring (bicyclic) bond motifs is 1.